The minimum Gasteiger partial charge on any atom is -0.370 e. The van der Waals surface area contributed by atoms with Crippen molar-refractivity contribution in [3.8, 4) is 0 Å². The van der Waals surface area contributed by atoms with Gasteiger partial charge in [-0.25, -0.2) is 4.39 Å². The lowest BCUT2D eigenvalue weighted by Crippen LogP contribution is -2.41. The lowest BCUT2D eigenvalue weighted by molar-refractivity contribution is 0.412. The molecule has 0 saturated heterocycles. The summed E-state index contributed by atoms with van der Waals surface area (Å²) in [6, 6.07) is 7.40. The zero-order valence-electron chi connectivity index (χ0n) is 12.4. The minimum absolute atomic E-state index is 0.132. The number of aliphatic imine (C=N–C) groups is 1. The highest BCUT2D eigenvalue weighted by Crippen LogP contribution is 2.17. The second-order valence-electron chi connectivity index (χ2n) is 5.39. The number of benzene rings is 1. The molecule has 3 N–H and O–H groups in total. The van der Waals surface area contributed by atoms with Crippen LogP contribution in [0.15, 0.2) is 29.3 Å². The fourth-order valence-electron chi connectivity index (χ4n) is 2.53. The van der Waals surface area contributed by atoms with Gasteiger partial charge in [-0.2, -0.15) is 11.8 Å². The van der Waals surface area contributed by atoms with Gasteiger partial charge in [0.15, 0.2) is 5.96 Å². The number of nitrogens with one attached hydrogen (secondary N) is 1. The van der Waals surface area contributed by atoms with Crippen molar-refractivity contribution in [2.24, 2.45) is 10.7 Å². The molecule has 21 heavy (non-hydrogen) atoms. The van der Waals surface area contributed by atoms with Crippen LogP contribution in [0, 0.1) is 5.82 Å². The summed E-state index contributed by atoms with van der Waals surface area (Å²) in [5.41, 5.74) is 6.64. The van der Waals surface area contributed by atoms with E-state index in [2.05, 4.69) is 10.3 Å². The van der Waals surface area contributed by atoms with E-state index < -0.39 is 0 Å². The predicted molar refractivity (Wildman–Crippen MR) is 89.1 cm³/mol. The van der Waals surface area contributed by atoms with Crippen LogP contribution in [0.25, 0.3) is 0 Å². The maximum Gasteiger partial charge on any atom is 0.188 e. The average Bonchev–Trinajstić information content (AvgIpc) is 2.50. The van der Waals surface area contributed by atoms with Gasteiger partial charge in [-0.1, -0.05) is 37.5 Å². The zero-order chi connectivity index (χ0) is 14.9. The van der Waals surface area contributed by atoms with Gasteiger partial charge in [-0.05, 0) is 24.5 Å². The van der Waals surface area contributed by atoms with Gasteiger partial charge in [-0.15, -0.1) is 0 Å². The van der Waals surface area contributed by atoms with Crippen molar-refractivity contribution in [3.05, 3.63) is 35.6 Å². The molecule has 0 aromatic heterocycles. The van der Waals surface area contributed by atoms with Crippen LogP contribution < -0.4 is 11.1 Å². The van der Waals surface area contributed by atoms with Gasteiger partial charge in [0.1, 0.15) is 5.82 Å². The van der Waals surface area contributed by atoms with E-state index in [9.17, 15) is 4.39 Å². The summed E-state index contributed by atoms with van der Waals surface area (Å²) < 4.78 is 13.4. The number of hydrogen-bond acceptors (Lipinski definition) is 2. The molecule has 0 heterocycles. The van der Waals surface area contributed by atoms with Gasteiger partial charge in [0.05, 0.1) is 6.54 Å². The molecule has 3 nitrogen and oxygen atoms in total. The van der Waals surface area contributed by atoms with Crippen LogP contribution in [0.5, 0.6) is 0 Å². The molecule has 1 fully saturated rings. The van der Waals surface area contributed by atoms with Gasteiger partial charge in [0.25, 0.3) is 0 Å². The summed E-state index contributed by atoms with van der Waals surface area (Å²) in [6.45, 7) is 0.671. The third-order valence-electron chi connectivity index (χ3n) is 3.69. The molecule has 0 amide bonds. The number of thioether (sulfide) groups is 1. The molecule has 0 bridgehead atoms. The Bertz CT molecular complexity index is 459. The normalized spacial score (nSPS) is 16.9. The Morgan fingerprint density at radius 3 is 2.81 bits per heavy atom. The minimum atomic E-state index is -0.132. The maximum atomic E-state index is 13.4. The van der Waals surface area contributed by atoms with Gasteiger partial charge in [0.2, 0.25) is 0 Å². The van der Waals surface area contributed by atoms with E-state index in [1.807, 2.05) is 12.1 Å². The zero-order valence-corrected chi connectivity index (χ0v) is 13.2. The van der Waals surface area contributed by atoms with Gasteiger partial charge in [-0.3, -0.25) is 4.99 Å². The van der Waals surface area contributed by atoms with Crippen LogP contribution >= 0.6 is 11.8 Å². The molecule has 1 saturated carbocycles. The molecule has 1 aliphatic carbocycles. The smallest absolute Gasteiger partial charge is 0.188 e. The standard InChI is InChI=1S/C16H24FN3S/c17-15-9-5-4-6-13(15)12-21-11-10-19-16(18)20-14-7-2-1-3-8-14/h4-6,9,14H,1-3,7-8,10-12H2,(H3,18,19,20). The molecule has 1 aromatic rings. The highest BCUT2D eigenvalue weighted by molar-refractivity contribution is 7.98. The van der Waals surface area contributed by atoms with Crippen molar-refractivity contribution in [1.29, 1.82) is 0 Å². The fraction of sp³-hybridized carbons (Fsp3) is 0.562. The van der Waals surface area contributed by atoms with Crippen molar-refractivity contribution < 1.29 is 4.39 Å². The lowest BCUT2D eigenvalue weighted by Gasteiger charge is -2.23. The molecule has 0 spiro atoms. The van der Waals surface area contributed by atoms with Crippen molar-refractivity contribution >= 4 is 17.7 Å². The largest absolute Gasteiger partial charge is 0.370 e. The summed E-state index contributed by atoms with van der Waals surface area (Å²) in [6.07, 6.45) is 6.28. The monoisotopic (exact) mass is 309 g/mol. The Labute approximate surface area is 130 Å². The summed E-state index contributed by atoms with van der Waals surface area (Å²) in [4.78, 5) is 4.34. The first-order valence-electron chi connectivity index (χ1n) is 7.63. The van der Waals surface area contributed by atoms with Crippen LogP contribution in [0.2, 0.25) is 0 Å². The van der Waals surface area contributed by atoms with E-state index >= 15 is 0 Å². The van der Waals surface area contributed by atoms with E-state index in [0.717, 1.165) is 11.3 Å². The molecule has 0 atom stereocenters. The number of rotatable bonds is 6. The van der Waals surface area contributed by atoms with E-state index in [1.165, 1.54) is 38.2 Å². The first kappa shape index (κ1) is 16.1. The third kappa shape index (κ3) is 5.96. The van der Waals surface area contributed by atoms with E-state index in [4.69, 9.17) is 5.73 Å². The Hall–Kier alpha value is -1.23. The summed E-state index contributed by atoms with van der Waals surface area (Å²) in [5, 5.41) is 3.30. The SMILES string of the molecule is NC(=NCCSCc1ccccc1F)NC1CCCCC1. The lowest BCUT2D eigenvalue weighted by atomic mass is 9.96. The van der Waals surface area contributed by atoms with E-state index in [-0.39, 0.29) is 5.82 Å². The van der Waals surface area contributed by atoms with Crippen LogP contribution in [0.4, 0.5) is 4.39 Å². The Morgan fingerprint density at radius 1 is 1.29 bits per heavy atom. The van der Waals surface area contributed by atoms with Crippen molar-refractivity contribution in [3.63, 3.8) is 0 Å². The topological polar surface area (TPSA) is 50.4 Å². The number of guanidine groups is 1. The fourth-order valence-corrected chi connectivity index (χ4v) is 3.35. The van der Waals surface area contributed by atoms with Crippen LogP contribution in [-0.2, 0) is 5.75 Å². The van der Waals surface area contributed by atoms with Crippen LogP contribution in [0.3, 0.4) is 0 Å². The van der Waals surface area contributed by atoms with E-state index in [1.54, 1.807) is 17.8 Å². The van der Waals surface area contributed by atoms with Crippen LogP contribution in [0.1, 0.15) is 37.7 Å². The number of halogens is 1. The highest BCUT2D eigenvalue weighted by atomic mass is 32.2. The summed E-state index contributed by atoms with van der Waals surface area (Å²) >= 11 is 1.68. The molecule has 1 aromatic carbocycles. The van der Waals surface area contributed by atoms with Crippen LogP contribution in [-0.4, -0.2) is 24.3 Å². The number of nitrogens with zero attached hydrogens (tertiary/aromatic N) is 1. The van der Waals surface area contributed by atoms with Gasteiger partial charge >= 0.3 is 0 Å². The molecule has 1 aliphatic rings. The molecule has 0 radical (unpaired) electrons. The Balaban J connectivity index is 1.62. The third-order valence-corrected chi connectivity index (χ3v) is 4.68. The number of nitrogens with two attached hydrogens (primary N) is 1. The summed E-state index contributed by atoms with van der Waals surface area (Å²) in [5.74, 6) is 1.94. The van der Waals surface area contributed by atoms with Gasteiger partial charge < -0.3 is 11.1 Å². The molecule has 2 rings (SSSR count). The second kappa shape index (κ2) is 8.93. The average molecular weight is 309 g/mol. The van der Waals surface area contributed by atoms with Crippen molar-refractivity contribution in [2.75, 3.05) is 12.3 Å². The molecular formula is C16H24FN3S. The first-order valence-corrected chi connectivity index (χ1v) is 8.79. The quantitative estimate of drug-likeness (QED) is 0.481. The Kier molecular flexibility index (Phi) is 6.86. The number of hydrogen-bond donors (Lipinski definition) is 2. The van der Waals surface area contributed by atoms with Crippen molar-refractivity contribution in [2.45, 2.75) is 43.9 Å². The molecule has 0 aliphatic heterocycles. The molecule has 116 valence electrons. The summed E-state index contributed by atoms with van der Waals surface area (Å²) in [7, 11) is 0. The van der Waals surface area contributed by atoms with Gasteiger partial charge in [0, 0.05) is 17.5 Å². The second-order valence-corrected chi connectivity index (χ2v) is 6.50. The molecular weight excluding hydrogens is 285 g/mol. The Morgan fingerprint density at radius 2 is 2.05 bits per heavy atom. The predicted octanol–water partition coefficient (Wildman–Crippen LogP) is 3.30. The van der Waals surface area contributed by atoms with E-state index in [0.29, 0.717) is 24.3 Å². The maximum absolute atomic E-state index is 13.4. The first-order chi connectivity index (χ1) is 10.3. The highest BCUT2D eigenvalue weighted by Gasteiger charge is 2.13. The van der Waals surface area contributed by atoms with Crippen molar-refractivity contribution in [1.82, 2.24) is 5.32 Å². The molecule has 5 heteroatoms. The molecule has 0 unspecified atom stereocenters.